The summed E-state index contributed by atoms with van der Waals surface area (Å²) in [5.41, 5.74) is 1.24. The number of rotatable bonds is 3. The largest absolute Gasteiger partial charge is 0.355 e. The van der Waals surface area contributed by atoms with Gasteiger partial charge in [-0.2, -0.15) is 0 Å². The molecular weight excluding hydrogens is 252 g/mol. The number of nitrogens with zero attached hydrogens (tertiary/aromatic N) is 1. The summed E-state index contributed by atoms with van der Waals surface area (Å²) in [7, 11) is 1.60. The summed E-state index contributed by atoms with van der Waals surface area (Å²) in [6.07, 6.45) is 4.39. The Hall–Kier alpha value is -1.84. The number of amides is 2. The van der Waals surface area contributed by atoms with Crippen LogP contribution in [0.4, 0.5) is 0 Å². The highest BCUT2D eigenvalue weighted by atomic mass is 16.2. The van der Waals surface area contributed by atoms with E-state index in [0.717, 1.165) is 25.8 Å². The molecule has 0 aliphatic carbocycles. The van der Waals surface area contributed by atoms with Gasteiger partial charge >= 0.3 is 0 Å². The second kappa shape index (κ2) is 6.55. The van der Waals surface area contributed by atoms with Crippen LogP contribution in [0.15, 0.2) is 24.3 Å². The number of piperidine rings is 1. The lowest BCUT2D eigenvalue weighted by atomic mass is 9.98. The molecule has 0 saturated carbocycles. The third-order valence-corrected chi connectivity index (χ3v) is 3.98. The first-order valence-corrected chi connectivity index (χ1v) is 7.30. The van der Waals surface area contributed by atoms with Crippen LogP contribution >= 0.6 is 0 Å². The topological polar surface area (TPSA) is 49.4 Å². The van der Waals surface area contributed by atoms with Crippen LogP contribution in [0.5, 0.6) is 0 Å². The van der Waals surface area contributed by atoms with Gasteiger partial charge in [0.2, 0.25) is 0 Å². The molecule has 1 aromatic carbocycles. The van der Waals surface area contributed by atoms with E-state index in [4.69, 9.17) is 0 Å². The number of benzene rings is 1. The van der Waals surface area contributed by atoms with Gasteiger partial charge in [-0.25, -0.2) is 0 Å². The lowest BCUT2D eigenvalue weighted by molar-refractivity contribution is 0.0607. The molecule has 2 amide bonds. The van der Waals surface area contributed by atoms with Gasteiger partial charge in [-0.15, -0.1) is 0 Å². The Morgan fingerprint density at radius 2 is 1.85 bits per heavy atom. The Kier molecular flexibility index (Phi) is 4.77. The molecule has 0 spiro atoms. The zero-order valence-electron chi connectivity index (χ0n) is 12.2. The van der Waals surface area contributed by atoms with Crippen LogP contribution in [0.25, 0.3) is 0 Å². The van der Waals surface area contributed by atoms with Crippen molar-refractivity contribution >= 4 is 11.8 Å². The van der Waals surface area contributed by atoms with Gasteiger partial charge in [0.25, 0.3) is 11.8 Å². The predicted octanol–water partition coefficient (Wildman–Crippen LogP) is 2.45. The van der Waals surface area contributed by atoms with Gasteiger partial charge < -0.3 is 10.2 Å². The maximum atomic E-state index is 12.5. The summed E-state index contributed by atoms with van der Waals surface area (Å²) in [6, 6.07) is 7.26. The van der Waals surface area contributed by atoms with Crippen LogP contribution in [-0.2, 0) is 0 Å². The Morgan fingerprint density at radius 1 is 1.20 bits per heavy atom. The van der Waals surface area contributed by atoms with Crippen molar-refractivity contribution < 1.29 is 9.59 Å². The maximum Gasteiger partial charge on any atom is 0.254 e. The molecule has 108 valence electrons. The third-order valence-electron chi connectivity index (χ3n) is 3.98. The number of hydrogen-bond acceptors (Lipinski definition) is 2. The molecule has 20 heavy (non-hydrogen) atoms. The standard InChI is InChI=1S/C16H22N2O2/c1-3-14-6-4-5-11-18(14)16(20)13-9-7-12(8-10-13)15(19)17-2/h7-10,14H,3-6,11H2,1-2H3,(H,17,19). The van der Waals surface area contributed by atoms with Crippen LogP contribution in [0.3, 0.4) is 0 Å². The van der Waals surface area contributed by atoms with Gasteiger partial charge in [0.15, 0.2) is 0 Å². The third kappa shape index (κ3) is 3.00. The number of hydrogen-bond donors (Lipinski definition) is 1. The van der Waals surface area contributed by atoms with Crippen molar-refractivity contribution in [2.24, 2.45) is 0 Å². The number of carbonyl (C=O) groups is 2. The van der Waals surface area contributed by atoms with E-state index < -0.39 is 0 Å². The molecule has 1 heterocycles. The van der Waals surface area contributed by atoms with E-state index in [9.17, 15) is 9.59 Å². The summed E-state index contributed by atoms with van der Waals surface area (Å²) < 4.78 is 0. The summed E-state index contributed by atoms with van der Waals surface area (Å²) in [4.78, 5) is 26.0. The lowest BCUT2D eigenvalue weighted by Gasteiger charge is -2.35. The smallest absolute Gasteiger partial charge is 0.254 e. The number of likely N-dealkylation sites (tertiary alicyclic amines) is 1. The van der Waals surface area contributed by atoms with Gasteiger partial charge in [-0.1, -0.05) is 6.92 Å². The monoisotopic (exact) mass is 274 g/mol. The minimum atomic E-state index is -0.131. The SMILES string of the molecule is CCC1CCCCN1C(=O)c1ccc(C(=O)NC)cc1. The van der Waals surface area contributed by atoms with E-state index in [-0.39, 0.29) is 11.8 Å². The molecule has 0 radical (unpaired) electrons. The quantitative estimate of drug-likeness (QED) is 0.920. The second-order valence-electron chi connectivity index (χ2n) is 5.21. The van der Waals surface area contributed by atoms with Gasteiger partial charge in [-0.3, -0.25) is 9.59 Å². The van der Waals surface area contributed by atoms with E-state index in [2.05, 4.69) is 12.2 Å². The first kappa shape index (κ1) is 14.6. The van der Waals surface area contributed by atoms with Crippen LogP contribution in [-0.4, -0.2) is 36.3 Å². The average molecular weight is 274 g/mol. The molecular formula is C16H22N2O2. The minimum absolute atomic E-state index is 0.0833. The Morgan fingerprint density at radius 3 is 2.45 bits per heavy atom. The van der Waals surface area contributed by atoms with Crippen LogP contribution in [0.1, 0.15) is 53.3 Å². The molecule has 4 heteroatoms. The normalized spacial score (nSPS) is 18.7. The van der Waals surface area contributed by atoms with E-state index in [1.54, 1.807) is 31.3 Å². The second-order valence-corrected chi connectivity index (χ2v) is 5.21. The highest BCUT2D eigenvalue weighted by Crippen LogP contribution is 2.21. The van der Waals surface area contributed by atoms with E-state index in [0.29, 0.717) is 17.2 Å². The fourth-order valence-electron chi connectivity index (χ4n) is 2.77. The Labute approximate surface area is 120 Å². The molecule has 1 unspecified atom stereocenters. The highest BCUT2D eigenvalue weighted by molar-refractivity contribution is 5.97. The molecule has 1 aromatic rings. The minimum Gasteiger partial charge on any atom is -0.355 e. The highest BCUT2D eigenvalue weighted by Gasteiger charge is 2.26. The molecule has 0 bridgehead atoms. The Balaban J connectivity index is 2.14. The molecule has 1 aliphatic rings. The maximum absolute atomic E-state index is 12.5. The first-order valence-electron chi connectivity index (χ1n) is 7.30. The van der Waals surface area contributed by atoms with Crippen molar-refractivity contribution in [3.63, 3.8) is 0 Å². The van der Waals surface area contributed by atoms with Crippen LogP contribution < -0.4 is 5.32 Å². The molecule has 2 rings (SSSR count). The zero-order chi connectivity index (χ0) is 14.5. The van der Waals surface area contributed by atoms with Crippen LogP contribution in [0.2, 0.25) is 0 Å². The molecule has 1 saturated heterocycles. The Bertz CT molecular complexity index is 482. The summed E-state index contributed by atoms with van der Waals surface area (Å²) in [5.74, 6) is -0.0478. The van der Waals surface area contributed by atoms with Crippen molar-refractivity contribution in [2.45, 2.75) is 38.6 Å². The number of nitrogens with one attached hydrogen (secondary N) is 1. The van der Waals surface area contributed by atoms with E-state index >= 15 is 0 Å². The van der Waals surface area contributed by atoms with Gasteiger partial charge in [-0.05, 0) is 49.9 Å². The molecule has 1 atom stereocenters. The zero-order valence-corrected chi connectivity index (χ0v) is 12.2. The fourth-order valence-corrected chi connectivity index (χ4v) is 2.77. The van der Waals surface area contributed by atoms with Gasteiger partial charge in [0.1, 0.15) is 0 Å². The van der Waals surface area contributed by atoms with Crippen LogP contribution in [0, 0.1) is 0 Å². The molecule has 4 nitrogen and oxygen atoms in total. The van der Waals surface area contributed by atoms with Crippen molar-refractivity contribution in [1.82, 2.24) is 10.2 Å². The molecule has 1 fully saturated rings. The first-order chi connectivity index (χ1) is 9.67. The van der Waals surface area contributed by atoms with Gasteiger partial charge in [0.05, 0.1) is 0 Å². The predicted molar refractivity (Wildman–Crippen MR) is 78.8 cm³/mol. The lowest BCUT2D eigenvalue weighted by Crippen LogP contribution is -2.43. The summed E-state index contributed by atoms with van der Waals surface area (Å²) >= 11 is 0. The van der Waals surface area contributed by atoms with E-state index in [1.165, 1.54) is 6.42 Å². The van der Waals surface area contributed by atoms with Gasteiger partial charge in [0, 0.05) is 30.8 Å². The van der Waals surface area contributed by atoms with Crippen molar-refractivity contribution in [3.8, 4) is 0 Å². The average Bonchev–Trinajstić information content (AvgIpc) is 2.53. The van der Waals surface area contributed by atoms with Crippen molar-refractivity contribution in [2.75, 3.05) is 13.6 Å². The molecule has 0 aromatic heterocycles. The van der Waals surface area contributed by atoms with Crippen molar-refractivity contribution in [1.29, 1.82) is 0 Å². The summed E-state index contributed by atoms with van der Waals surface area (Å²) in [5, 5.41) is 2.58. The molecule has 1 N–H and O–H groups in total. The van der Waals surface area contributed by atoms with E-state index in [1.807, 2.05) is 4.90 Å². The fraction of sp³-hybridized carbons (Fsp3) is 0.500. The summed E-state index contributed by atoms with van der Waals surface area (Å²) in [6.45, 7) is 2.97. The number of carbonyl (C=O) groups excluding carboxylic acids is 2. The van der Waals surface area contributed by atoms with Crippen molar-refractivity contribution in [3.05, 3.63) is 35.4 Å². The molecule has 1 aliphatic heterocycles.